The van der Waals surface area contributed by atoms with Gasteiger partial charge in [0.15, 0.2) is 0 Å². The number of nitrogens with zero attached hydrogens (tertiary/aromatic N) is 1. The summed E-state index contributed by atoms with van der Waals surface area (Å²) in [5.74, 6) is -4.10. The van der Waals surface area contributed by atoms with E-state index in [0.29, 0.717) is 33.5 Å². The van der Waals surface area contributed by atoms with Crippen molar-refractivity contribution >= 4 is 52.6 Å². The maximum atomic E-state index is 14.0. The minimum Gasteiger partial charge on any atom is -0.465 e. The summed E-state index contributed by atoms with van der Waals surface area (Å²) in [5.41, 5.74) is 3.50. The lowest BCUT2D eigenvalue weighted by Gasteiger charge is -2.54. The number of nitrogens with one attached hydrogen (secondary N) is 1. The Morgan fingerprint density at radius 3 is 1.63 bits per heavy atom. The Morgan fingerprint density at radius 1 is 0.816 bits per heavy atom. The van der Waals surface area contributed by atoms with E-state index in [2.05, 4.69) is 10.1 Å². The van der Waals surface area contributed by atoms with Crippen molar-refractivity contribution in [2.75, 3.05) is 12.4 Å². The lowest BCUT2D eigenvalue weighted by Crippen LogP contribution is -2.57. The van der Waals surface area contributed by atoms with Crippen LogP contribution in [0.25, 0.3) is 0 Å². The number of hydrogen-bond acceptors (Lipinski definition) is 5. The van der Waals surface area contributed by atoms with Gasteiger partial charge in [0.25, 0.3) is 0 Å². The predicted octanol–water partition coefficient (Wildman–Crippen LogP) is 4.39. The molecule has 0 aromatic heterocycles. The smallest absolute Gasteiger partial charge is 0.337 e. The highest BCUT2D eigenvalue weighted by Gasteiger charge is 2.73. The summed E-state index contributed by atoms with van der Waals surface area (Å²) in [6.45, 7) is 1.50. The Labute approximate surface area is 228 Å². The first-order chi connectivity index (χ1) is 18.1. The van der Waals surface area contributed by atoms with E-state index in [4.69, 9.17) is 23.2 Å². The third-order valence-electron chi connectivity index (χ3n) is 7.96. The highest BCUT2D eigenvalue weighted by molar-refractivity contribution is 6.36. The Kier molecular flexibility index (Phi) is 5.46. The van der Waals surface area contributed by atoms with Crippen LogP contribution in [-0.4, -0.2) is 41.7 Å². The van der Waals surface area contributed by atoms with Crippen molar-refractivity contribution in [2.24, 2.45) is 11.8 Å². The monoisotopic (exact) mass is 548 g/mol. The number of rotatable bonds is 4. The van der Waals surface area contributed by atoms with Crippen molar-refractivity contribution < 1.29 is 23.9 Å². The third-order valence-corrected chi connectivity index (χ3v) is 9.24. The van der Waals surface area contributed by atoms with Gasteiger partial charge in [-0.2, -0.15) is 0 Å². The molecule has 1 heterocycles. The van der Waals surface area contributed by atoms with Crippen molar-refractivity contribution in [3.8, 4) is 0 Å². The molecule has 0 unspecified atom stereocenters. The van der Waals surface area contributed by atoms with Crippen LogP contribution in [0.4, 0.5) is 5.69 Å². The molecule has 7 rings (SSSR count). The molecule has 38 heavy (non-hydrogen) atoms. The zero-order valence-corrected chi connectivity index (χ0v) is 21.9. The standard InChI is InChI=1S/C29H22Cl2N2O5/c1-15(24(34)32-17-13-11-16(12-14-17)27(37)38-2)33-25(35)22-23(26(33)36)29(31)19-8-4-3-7-18(19)28(22,30)20-9-5-6-10-21(20)29/h3-15,22-23H,1-2H3,(H,32,34)/t15-,22+,23+,28?,29?/m0/s1. The van der Waals surface area contributed by atoms with Gasteiger partial charge in [0.05, 0.1) is 24.5 Å². The van der Waals surface area contributed by atoms with Crippen LogP contribution in [0.3, 0.4) is 0 Å². The van der Waals surface area contributed by atoms with Crippen LogP contribution in [0.15, 0.2) is 72.8 Å². The van der Waals surface area contributed by atoms with E-state index in [1.54, 1.807) is 12.1 Å². The fourth-order valence-electron chi connectivity index (χ4n) is 6.24. The molecule has 3 amide bonds. The fraction of sp³-hybridized carbons (Fsp3) is 0.241. The second-order valence-corrected chi connectivity index (χ2v) is 10.9. The van der Waals surface area contributed by atoms with E-state index >= 15 is 0 Å². The number of carbonyl (C=O) groups is 4. The first kappa shape index (κ1) is 24.6. The lowest BCUT2D eigenvalue weighted by molar-refractivity contribution is -0.146. The number of esters is 1. The van der Waals surface area contributed by atoms with Crippen molar-refractivity contribution in [2.45, 2.75) is 22.7 Å². The van der Waals surface area contributed by atoms with Crippen LogP contribution in [0.5, 0.6) is 0 Å². The number of amides is 3. The van der Waals surface area contributed by atoms with Crippen molar-refractivity contribution in [3.05, 3.63) is 101 Å². The number of halogens is 2. The lowest BCUT2D eigenvalue weighted by atomic mass is 9.54. The van der Waals surface area contributed by atoms with Crippen LogP contribution < -0.4 is 5.32 Å². The van der Waals surface area contributed by atoms with E-state index in [-0.39, 0.29) is 0 Å². The summed E-state index contributed by atoms with van der Waals surface area (Å²) in [4.78, 5) is 51.3. The summed E-state index contributed by atoms with van der Waals surface area (Å²) in [7, 11) is 1.28. The maximum Gasteiger partial charge on any atom is 0.337 e. The molecule has 2 bridgehead atoms. The third kappa shape index (κ3) is 3.03. The van der Waals surface area contributed by atoms with Gasteiger partial charge in [-0.15, -0.1) is 23.2 Å². The van der Waals surface area contributed by atoms with Gasteiger partial charge in [-0.1, -0.05) is 48.5 Å². The molecule has 1 saturated heterocycles. The summed E-state index contributed by atoms with van der Waals surface area (Å²) < 4.78 is 4.69. The molecule has 3 aromatic rings. The largest absolute Gasteiger partial charge is 0.465 e. The highest BCUT2D eigenvalue weighted by Crippen LogP contribution is 2.69. The Morgan fingerprint density at radius 2 is 1.24 bits per heavy atom. The van der Waals surface area contributed by atoms with Crippen molar-refractivity contribution in [1.82, 2.24) is 4.90 Å². The van der Waals surface area contributed by atoms with Gasteiger partial charge >= 0.3 is 5.97 Å². The maximum absolute atomic E-state index is 14.0. The van der Waals surface area contributed by atoms with E-state index in [0.717, 1.165) is 4.90 Å². The molecular formula is C29H22Cl2N2O5. The molecule has 1 aliphatic heterocycles. The molecular weight excluding hydrogens is 527 g/mol. The predicted molar refractivity (Wildman–Crippen MR) is 141 cm³/mol. The highest BCUT2D eigenvalue weighted by atomic mass is 35.5. The second-order valence-electron chi connectivity index (χ2n) is 9.75. The van der Waals surface area contributed by atoms with E-state index in [9.17, 15) is 19.2 Å². The Bertz CT molecular complexity index is 1410. The number of methoxy groups -OCH3 is 1. The van der Waals surface area contributed by atoms with Crippen LogP contribution in [0.2, 0.25) is 0 Å². The summed E-state index contributed by atoms with van der Waals surface area (Å²) in [6, 6.07) is 19.7. The second kappa shape index (κ2) is 8.41. The molecule has 3 atom stereocenters. The SMILES string of the molecule is COC(=O)c1ccc(NC(=O)[C@H](C)N2C(=O)[C@H]3[C@H](C2=O)C2(Cl)c4ccccc4C3(Cl)c3ccccc32)cc1. The van der Waals surface area contributed by atoms with Crippen molar-refractivity contribution in [1.29, 1.82) is 0 Å². The Balaban J connectivity index is 1.37. The number of anilines is 1. The topological polar surface area (TPSA) is 92.8 Å². The first-order valence-corrected chi connectivity index (χ1v) is 12.8. The number of carbonyl (C=O) groups excluding carboxylic acids is 4. The molecule has 3 aliphatic carbocycles. The number of ether oxygens (including phenoxy) is 1. The molecule has 7 nitrogen and oxygen atoms in total. The van der Waals surface area contributed by atoms with Gasteiger partial charge in [0.2, 0.25) is 17.7 Å². The molecule has 0 radical (unpaired) electrons. The van der Waals surface area contributed by atoms with Gasteiger partial charge in [-0.3, -0.25) is 19.3 Å². The average molecular weight is 549 g/mol. The molecule has 9 heteroatoms. The minimum absolute atomic E-state index is 0.321. The van der Waals surface area contributed by atoms with Gasteiger partial charge < -0.3 is 10.1 Å². The van der Waals surface area contributed by atoms with Gasteiger partial charge in [0, 0.05) is 5.69 Å². The molecule has 3 aromatic carbocycles. The van der Waals surface area contributed by atoms with Gasteiger partial charge in [-0.25, -0.2) is 4.79 Å². The number of imide groups is 1. The minimum atomic E-state index is -1.31. The summed E-state index contributed by atoms with van der Waals surface area (Å²) >= 11 is 14.8. The summed E-state index contributed by atoms with van der Waals surface area (Å²) in [6.07, 6.45) is 0. The number of alkyl halides is 2. The zero-order valence-electron chi connectivity index (χ0n) is 20.4. The normalized spacial score (nSPS) is 27.3. The first-order valence-electron chi connectivity index (χ1n) is 12.1. The Hall–Kier alpha value is -3.68. The molecule has 0 spiro atoms. The van der Waals surface area contributed by atoms with Gasteiger partial charge in [-0.05, 0) is 53.4 Å². The quantitative estimate of drug-likeness (QED) is 0.296. The summed E-state index contributed by atoms with van der Waals surface area (Å²) in [5, 5.41) is 2.71. The molecule has 1 N–H and O–H groups in total. The van der Waals surface area contributed by atoms with Crippen LogP contribution >= 0.6 is 23.2 Å². The molecule has 192 valence electrons. The number of benzene rings is 3. The van der Waals surface area contributed by atoms with E-state index < -0.39 is 51.3 Å². The molecule has 0 saturated carbocycles. The fourth-order valence-corrected chi connectivity index (χ4v) is 7.34. The average Bonchev–Trinajstić information content (AvgIpc) is 3.22. The van der Waals surface area contributed by atoms with Crippen LogP contribution in [-0.2, 0) is 28.9 Å². The van der Waals surface area contributed by atoms with Gasteiger partial charge in [0.1, 0.15) is 15.8 Å². The van der Waals surface area contributed by atoms with Crippen LogP contribution in [0.1, 0.15) is 39.5 Å². The molecule has 1 fully saturated rings. The molecule has 4 aliphatic rings. The van der Waals surface area contributed by atoms with E-state index in [1.165, 1.54) is 26.2 Å². The van der Waals surface area contributed by atoms with E-state index in [1.807, 2.05) is 48.5 Å². The number of likely N-dealkylation sites (tertiary alicyclic amines) is 1. The zero-order chi connectivity index (χ0) is 27.0. The van der Waals surface area contributed by atoms with Crippen molar-refractivity contribution in [3.63, 3.8) is 0 Å². The number of hydrogen-bond donors (Lipinski definition) is 1. The van der Waals surface area contributed by atoms with Crippen LogP contribution in [0, 0.1) is 11.8 Å².